The van der Waals surface area contributed by atoms with E-state index in [1.807, 2.05) is 24.3 Å². The Morgan fingerprint density at radius 3 is 2.75 bits per heavy atom. The van der Waals surface area contributed by atoms with Gasteiger partial charge in [0.2, 0.25) is 5.91 Å². The molecule has 1 N–H and O–H groups in total. The molecule has 0 saturated heterocycles. The minimum atomic E-state index is -0.410. The molecule has 5 nitrogen and oxygen atoms in total. The van der Waals surface area contributed by atoms with Gasteiger partial charge in [-0.25, -0.2) is 4.39 Å². The van der Waals surface area contributed by atoms with Crippen molar-refractivity contribution in [2.24, 2.45) is 0 Å². The molecule has 2 aromatic carbocycles. The van der Waals surface area contributed by atoms with Crippen molar-refractivity contribution < 1.29 is 13.9 Å². The third kappa shape index (κ3) is 4.99. The molecule has 1 aromatic heterocycles. The Balaban J connectivity index is 1.67. The van der Waals surface area contributed by atoms with Gasteiger partial charge in [-0.1, -0.05) is 29.8 Å². The first-order valence-corrected chi connectivity index (χ1v) is 9.42. The second-order valence-electron chi connectivity index (χ2n) is 5.82. The van der Waals surface area contributed by atoms with Crippen LogP contribution in [0, 0.1) is 5.82 Å². The standard InChI is InChI=1S/C20H16BrClFN3O2/c1-28-14-8-5-13(6-9-14)7-10-19(27)24-20-16(21)12-26(25-20)11-15-17(22)3-2-4-18(15)23/h2-10,12H,11H2,1H3,(H,24,25,27)/b10-7+. The number of rotatable bonds is 6. The van der Waals surface area contributed by atoms with Crippen molar-refractivity contribution in [3.63, 3.8) is 0 Å². The highest BCUT2D eigenvalue weighted by Gasteiger charge is 2.12. The predicted octanol–water partition coefficient (Wildman–Crippen LogP) is 5.15. The maximum Gasteiger partial charge on any atom is 0.249 e. The van der Waals surface area contributed by atoms with Crippen LogP contribution >= 0.6 is 27.5 Å². The number of halogens is 3. The summed E-state index contributed by atoms with van der Waals surface area (Å²) in [4.78, 5) is 12.2. The molecule has 1 amide bonds. The number of methoxy groups -OCH3 is 1. The average molecular weight is 465 g/mol. The van der Waals surface area contributed by atoms with Crippen LogP contribution in [0.25, 0.3) is 6.08 Å². The summed E-state index contributed by atoms with van der Waals surface area (Å²) in [6, 6.07) is 11.8. The van der Waals surface area contributed by atoms with Gasteiger partial charge in [0.15, 0.2) is 5.82 Å². The van der Waals surface area contributed by atoms with E-state index in [2.05, 4.69) is 26.3 Å². The molecule has 0 aliphatic rings. The van der Waals surface area contributed by atoms with Gasteiger partial charge >= 0.3 is 0 Å². The predicted molar refractivity (Wildman–Crippen MR) is 111 cm³/mol. The lowest BCUT2D eigenvalue weighted by molar-refractivity contribution is -0.111. The summed E-state index contributed by atoms with van der Waals surface area (Å²) in [5.41, 5.74) is 1.19. The summed E-state index contributed by atoms with van der Waals surface area (Å²) in [5, 5.41) is 7.27. The third-order valence-electron chi connectivity index (χ3n) is 3.88. The lowest BCUT2D eigenvalue weighted by Crippen LogP contribution is -2.10. The zero-order valence-corrected chi connectivity index (χ0v) is 17.2. The van der Waals surface area contributed by atoms with Crippen molar-refractivity contribution in [3.8, 4) is 5.75 Å². The molecule has 1 heterocycles. The molecule has 0 aliphatic heterocycles. The lowest BCUT2D eigenvalue weighted by Gasteiger charge is -2.05. The van der Waals surface area contributed by atoms with Gasteiger partial charge in [0, 0.05) is 22.9 Å². The Kier molecular flexibility index (Phi) is 6.49. The smallest absolute Gasteiger partial charge is 0.249 e. The van der Waals surface area contributed by atoms with Crippen LogP contribution in [0.15, 0.2) is 59.2 Å². The SMILES string of the molecule is COc1ccc(/C=C/C(=O)Nc2nn(Cc3c(F)cccc3Cl)cc2Br)cc1. The van der Waals surface area contributed by atoms with Gasteiger partial charge in [0.25, 0.3) is 0 Å². The number of ether oxygens (including phenoxy) is 1. The van der Waals surface area contributed by atoms with Crippen LogP contribution in [0.5, 0.6) is 5.75 Å². The van der Waals surface area contributed by atoms with E-state index >= 15 is 0 Å². The maximum atomic E-state index is 13.9. The summed E-state index contributed by atoms with van der Waals surface area (Å²) in [7, 11) is 1.59. The van der Waals surface area contributed by atoms with Gasteiger partial charge in [0.05, 0.1) is 18.1 Å². The zero-order chi connectivity index (χ0) is 20.1. The van der Waals surface area contributed by atoms with Gasteiger partial charge in [-0.2, -0.15) is 5.10 Å². The minimum absolute atomic E-state index is 0.141. The second-order valence-corrected chi connectivity index (χ2v) is 7.08. The number of anilines is 1. The molecule has 8 heteroatoms. The highest BCUT2D eigenvalue weighted by molar-refractivity contribution is 9.10. The number of hydrogen-bond donors (Lipinski definition) is 1. The second kappa shape index (κ2) is 9.03. The lowest BCUT2D eigenvalue weighted by atomic mass is 10.2. The Labute approximate surface area is 174 Å². The number of benzene rings is 2. The zero-order valence-electron chi connectivity index (χ0n) is 14.8. The van der Waals surface area contributed by atoms with Crippen molar-refractivity contribution in [2.45, 2.75) is 6.54 Å². The van der Waals surface area contributed by atoms with Crippen LogP contribution in [-0.2, 0) is 11.3 Å². The highest BCUT2D eigenvalue weighted by atomic mass is 79.9. The van der Waals surface area contributed by atoms with E-state index < -0.39 is 5.82 Å². The molecule has 3 rings (SSSR count). The van der Waals surface area contributed by atoms with Gasteiger partial charge in [-0.05, 0) is 51.8 Å². The number of nitrogens with zero attached hydrogens (tertiary/aromatic N) is 2. The summed E-state index contributed by atoms with van der Waals surface area (Å²) in [5.74, 6) is 0.320. The Morgan fingerprint density at radius 2 is 2.07 bits per heavy atom. The van der Waals surface area contributed by atoms with Crippen molar-refractivity contribution in [1.82, 2.24) is 9.78 Å². The van der Waals surface area contributed by atoms with Crippen molar-refractivity contribution in [1.29, 1.82) is 0 Å². The van der Waals surface area contributed by atoms with Crippen molar-refractivity contribution in [3.05, 3.63) is 81.2 Å². The molecule has 28 heavy (non-hydrogen) atoms. The van der Waals surface area contributed by atoms with E-state index in [4.69, 9.17) is 16.3 Å². The summed E-state index contributed by atoms with van der Waals surface area (Å²) in [6.45, 7) is 0.141. The topological polar surface area (TPSA) is 56.1 Å². The van der Waals surface area contributed by atoms with Gasteiger partial charge in [-0.3, -0.25) is 9.48 Å². The number of hydrogen-bond acceptors (Lipinski definition) is 3. The van der Waals surface area contributed by atoms with E-state index in [1.165, 1.54) is 16.8 Å². The Bertz CT molecular complexity index is 999. The first-order valence-electron chi connectivity index (χ1n) is 8.25. The van der Waals surface area contributed by atoms with E-state index in [0.29, 0.717) is 20.9 Å². The van der Waals surface area contributed by atoms with Crippen molar-refractivity contribution in [2.75, 3.05) is 12.4 Å². The molecule has 144 valence electrons. The first-order chi connectivity index (χ1) is 13.5. The van der Waals surface area contributed by atoms with Crippen LogP contribution in [0.3, 0.4) is 0 Å². The number of amides is 1. The molecule has 0 saturated carbocycles. The highest BCUT2D eigenvalue weighted by Crippen LogP contribution is 2.24. The van der Waals surface area contributed by atoms with Crippen LogP contribution in [-0.4, -0.2) is 22.8 Å². The number of aromatic nitrogens is 2. The molecule has 3 aromatic rings. The van der Waals surface area contributed by atoms with Crippen molar-refractivity contribution >= 4 is 45.3 Å². The molecule has 0 bridgehead atoms. The van der Waals surface area contributed by atoms with E-state index in [0.717, 1.165) is 11.3 Å². The van der Waals surface area contributed by atoms with Crippen LogP contribution < -0.4 is 10.1 Å². The third-order valence-corrected chi connectivity index (χ3v) is 4.82. The van der Waals surface area contributed by atoms with Crippen LogP contribution in [0.2, 0.25) is 5.02 Å². The molecule has 0 atom stereocenters. The van der Waals surface area contributed by atoms with E-state index in [9.17, 15) is 9.18 Å². The molecule has 0 fully saturated rings. The van der Waals surface area contributed by atoms with Gasteiger partial charge < -0.3 is 10.1 Å². The average Bonchev–Trinajstić information content (AvgIpc) is 3.02. The maximum absolute atomic E-state index is 13.9. The molecular weight excluding hydrogens is 449 g/mol. The first kappa shape index (κ1) is 20.1. The fourth-order valence-corrected chi connectivity index (χ4v) is 3.09. The quantitative estimate of drug-likeness (QED) is 0.514. The fourth-order valence-electron chi connectivity index (χ4n) is 2.45. The minimum Gasteiger partial charge on any atom is -0.497 e. The number of carbonyl (C=O) groups is 1. The molecule has 0 spiro atoms. The summed E-state index contributed by atoms with van der Waals surface area (Å²) in [6.07, 6.45) is 4.73. The van der Waals surface area contributed by atoms with E-state index in [1.54, 1.807) is 31.5 Å². The van der Waals surface area contributed by atoms with Gasteiger partial charge in [-0.15, -0.1) is 0 Å². The molecule has 0 unspecified atom stereocenters. The molecule has 0 radical (unpaired) electrons. The largest absolute Gasteiger partial charge is 0.497 e. The fraction of sp³-hybridized carbons (Fsp3) is 0.100. The Hall–Kier alpha value is -2.64. The molecule has 0 aliphatic carbocycles. The number of nitrogens with one attached hydrogen (secondary N) is 1. The summed E-state index contributed by atoms with van der Waals surface area (Å²) < 4.78 is 21.1. The summed E-state index contributed by atoms with van der Waals surface area (Å²) >= 11 is 9.39. The Morgan fingerprint density at radius 1 is 1.32 bits per heavy atom. The number of carbonyl (C=O) groups excluding carboxylic acids is 1. The normalized spacial score (nSPS) is 11.0. The van der Waals surface area contributed by atoms with E-state index in [-0.39, 0.29) is 12.5 Å². The molecular formula is C20H16BrClFN3O2. The van der Waals surface area contributed by atoms with Gasteiger partial charge in [0.1, 0.15) is 11.6 Å². The monoisotopic (exact) mass is 463 g/mol. The van der Waals surface area contributed by atoms with Crippen LogP contribution in [0.4, 0.5) is 10.2 Å². The van der Waals surface area contributed by atoms with Crippen LogP contribution in [0.1, 0.15) is 11.1 Å².